The van der Waals surface area contributed by atoms with Crippen LogP contribution in [0.1, 0.15) is 64.5 Å². The van der Waals surface area contributed by atoms with Crippen LogP contribution in [0.15, 0.2) is 47.1 Å². The van der Waals surface area contributed by atoms with Crippen LogP contribution in [0.25, 0.3) is 0 Å². The molecule has 0 fully saturated rings. The van der Waals surface area contributed by atoms with Crippen LogP contribution in [0.4, 0.5) is 0 Å². The number of aryl methyl sites for hydroxylation is 1. The molecule has 1 aromatic rings. The molecule has 1 rings (SSSR count). The summed E-state index contributed by atoms with van der Waals surface area (Å²) < 4.78 is 10.9. The molecule has 0 aliphatic rings. The molecule has 2 nitrogen and oxygen atoms in total. The summed E-state index contributed by atoms with van der Waals surface area (Å²) in [6.45, 7) is 10.9. The van der Waals surface area contributed by atoms with E-state index in [1.165, 1.54) is 27.8 Å². The van der Waals surface area contributed by atoms with E-state index in [4.69, 9.17) is 9.47 Å². The van der Waals surface area contributed by atoms with Crippen LogP contribution in [-0.4, -0.2) is 14.2 Å². The van der Waals surface area contributed by atoms with Crippen LogP contribution < -0.4 is 9.47 Å². The molecule has 0 aliphatic carbocycles. The summed E-state index contributed by atoms with van der Waals surface area (Å²) in [5.74, 6) is 1.75. The molecule has 0 amide bonds. The van der Waals surface area contributed by atoms with Crippen molar-refractivity contribution in [3.63, 3.8) is 0 Å². The molecule has 0 radical (unpaired) electrons. The van der Waals surface area contributed by atoms with Crippen molar-refractivity contribution in [3.05, 3.63) is 58.2 Å². The molecular weight excluding hydrogens is 320 g/mol. The van der Waals surface area contributed by atoms with Crippen LogP contribution in [0.3, 0.4) is 0 Å². The van der Waals surface area contributed by atoms with Gasteiger partial charge in [0.2, 0.25) is 0 Å². The van der Waals surface area contributed by atoms with Gasteiger partial charge in [-0.25, -0.2) is 0 Å². The molecule has 0 N–H and O–H groups in total. The summed E-state index contributed by atoms with van der Waals surface area (Å²) >= 11 is 0. The number of rotatable bonds is 10. The molecule has 0 heterocycles. The first-order valence-corrected chi connectivity index (χ1v) is 9.53. The average molecular weight is 357 g/mol. The van der Waals surface area contributed by atoms with Gasteiger partial charge in [-0.2, -0.15) is 0 Å². The minimum Gasteiger partial charge on any atom is -0.497 e. The van der Waals surface area contributed by atoms with Gasteiger partial charge < -0.3 is 9.47 Å². The number of ether oxygens (including phenoxy) is 2. The summed E-state index contributed by atoms with van der Waals surface area (Å²) in [6.07, 6.45) is 12.5. The predicted molar refractivity (Wildman–Crippen MR) is 113 cm³/mol. The molecule has 144 valence electrons. The fourth-order valence-electron chi connectivity index (χ4n) is 2.93. The fourth-order valence-corrected chi connectivity index (χ4v) is 2.93. The maximum atomic E-state index is 5.54. The molecule has 0 spiro atoms. The van der Waals surface area contributed by atoms with Crippen molar-refractivity contribution in [2.45, 2.75) is 66.7 Å². The van der Waals surface area contributed by atoms with Crippen LogP contribution in [0.5, 0.6) is 11.5 Å². The lowest BCUT2D eigenvalue weighted by Crippen LogP contribution is -1.96. The van der Waals surface area contributed by atoms with Crippen LogP contribution in [-0.2, 0) is 6.42 Å². The average Bonchev–Trinajstić information content (AvgIpc) is 2.59. The minimum absolute atomic E-state index is 0.845. The zero-order chi connectivity index (χ0) is 19.5. The van der Waals surface area contributed by atoms with Gasteiger partial charge in [-0.15, -0.1) is 0 Å². The van der Waals surface area contributed by atoms with Crippen LogP contribution in [0.2, 0.25) is 0 Å². The molecule has 0 aromatic heterocycles. The Morgan fingerprint density at radius 3 is 2.04 bits per heavy atom. The molecule has 0 unspecified atom stereocenters. The Kier molecular flexibility index (Phi) is 9.87. The van der Waals surface area contributed by atoms with Gasteiger partial charge in [0.1, 0.15) is 11.5 Å². The molecular formula is C24H36O2. The van der Waals surface area contributed by atoms with E-state index in [1.54, 1.807) is 14.2 Å². The van der Waals surface area contributed by atoms with Crippen molar-refractivity contribution in [1.29, 1.82) is 0 Å². The highest BCUT2D eigenvalue weighted by Crippen LogP contribution is 2.29. The van der Waals surface area contributed by atoms with E-state index in [9.17, 15) is 0 Å². The number of allylic oxidation sites excluding steroid dienone is 6. The lowest BCUT2D eigenvalue weighted by Gasteiger charge is -2.13. The molecule has 0 atom stereocenters. The highest BCUT2D eigenvalue weighted by Gasteiger charge is 2.08. The van der Waals surface area contributed by atoms with Crippen molar-refractivity contribution in [1.82, 2.24) is 0 Å². The molecule has 26 heavy (non-hydrogen) atoms. The highest BCUT2D eigenvalue weighted by atomic mass is 16.5. The van der Waals surface area contributed by atoms with Crippen molar-refractivity contribution in [2.75, 3.05) is 14.2 Å². The Morgan fingerprint density at radius 1 is 0.846 bits per heavy atom. The monoisotopic (exact) mass is 356 g/mol. The first-order chi connectivity index (χ1) is 12.4. The molecule has 2 heteroatoms. The second kappa shape index (κ2) is 11.6. The zero-order valence-corrected chi connectivity index (χ0v) is 17.7. The third kappa shape index (κ3) is 7.95. The molecule has 0 saturated heterocycles. The van der Waals surface area contributed by atoms with E-state index in [2.05, 4.69) is 58.9 Å². The maximum absolute atomic E-state index is 5.54. The van der Waals surface area contributed by atoms with E-state index < -0.39 is 0 Å². The van der Waals surface area contributed by atoms with Gasteiger partial charge in [0.05, 0.1) is 14.2 Å². The third-order valence-corrected chi connectivity index (χ3v) is 4.64. The highest BCUT2D eigenvalue weighted by molar-refractivity contribution is 5.47. The molecule has 1 aromatic carbocycles. The lowest BCUT2D eigenvalue weighted by atomic mass is 10.0. The summed E-state index contributed by atoms with van der Waals surface area (Å²) in [4.78, 5) is 0. The maximum Gasteiger partial charge on any atom is 0.126 e. The predicted octanol–water partition coefficient (Wildman–Crippen LogP) is 6.97. The van der Waals surface area contributed by atoms with Crippen LogP contribution in [0, 0.1) is 6.92 Å². The van der Waals surface area contributed by atoms with E-state index >= 15 is 0 Å². The molecule has 0 aliphatic heterocycles. The topological polar surface area (TPSA) is 18.5 Å². The zero-order valence-electron chi connectivity index (χ0n) is 17.7. The van der Waals surface area contributed by atoms with Gasteiger partial charge in [0, 0.05) is 11.6 Å². The minimum atomic E-state index is 0.845. The van der Waals surface area contributed by atoms with Gasteiger partial charge >= 0.3 is 0 Å². The lowest BCUT2D eigenvalue weighted by molar-refractivity contribution is 0.391. The summed E-state index contributed by atoms with van der Waals surface area (Å²) in [6, 6.07) is 4.03. The summed E-state index contributed by atoms with van der Waals surface area (Å²) in [5, 5.41) is 0. The SMILES string of the molecule is COc1cc(C)c(C/C=C(\C)CC/C=C(\C)CCC=C(C)C)c(OC)c1. The first kappa shape index (κ1) is 22.1. The van der Waals surface area contributed by atoms with Gasteiger partial charge in [-0.05, 0) is 78.4 Å². The second-order valence-corrected chi connectivity index (χ2v) is 7.29. The number of benzene rings is 1. The Balaban J connectivity index is 2.60. The fraction of sp³-hybridized carbons (Fsp3) is 0.500. The standard InChI is InChI=1S/C24H36O2/c1-18(2)10-8-11-19(3)12-9-13-20(4)14-15-23-21(5)16-22(25-6)17-24(23)26-7/h10,12,14,16-17H,8-9,11,13,15H2,1-7H3/b19-12+,20-14+. The van der Waals surface area contributed by atoms with Gasteiger partial charge in [-0.1, -0.05) is 34.9 Å². The van der Waals surface area contributed by atoms with Crippen molar-refractivity contribution < 1.29 is 9.47 Å². The summed E-state index contributed by atoms with van der Waals surface area (Å²) in [5.41, 5.74) is 6.76. The van der Waals surface area contributed by atoms with Gasteiger partial charge in [0.15, 0.2) is 0 Å². The van der Waals surface area contributed by atoms with Crippen molar-refractivity contribution in [3.8, 4) is 11.5 Å². The smallest absolute Gasteiger partial charge is 0.126 e. The first-order valence-electron chi connectivity index (χ1n) is 9.53. The third-order valence-electron chi connectivity index (χ3n) is 4.64. The number of hydrogen-bond donors (Lipinski definition) is 0. The Labute approximate surface area is 160 Å². The van der Waals surface area contributed by atoms with Gasteiger partial charge in [0.25, 0.3) is 0 Å². The Hall–Kier alpha value is -1.96. The second-order valence-electron chi connectivity index (χ2n) is 7.29. The van der Waals surface area contributed by atoms with E-state index in [0.717, 1.165) is 43.6 Å². The number of hydrogen-bond acceptors (Lipinski definition) is 2. The quantitative estimate of drug-likeness (QED) is 0.421. The van der Waals surface area contributed by atoms with Crippen LogP contribution >= 0.6 is 0 Å². The normalized spacial score (nSPS) is 12.1. The van der Waals surface area contributed by atoms with E-state index in [1.807, 2.05) is 6.07 Å². The van der Waals surface area contributed by atoms with Crippen molar-refractivity contribution >= 4 is 0 Å². The van der Waals surface area contributed by atoms with Crippen molar-refractivity contribution in [2.24, 2.45) is 0 Å². The largest absolute Gasteiger partial charge is 0.497 e. The van der Waals surface area contributed by atoms with E-state index in [-0.39, 0.29) is 0 Å². The number of methoxy groups -OCH3 is 2. The molecule has 0 saturated carbocycles. The Morgan fingerprint density at radius 2 is 1.46 bits per heavy atom. The Bertz CT molecular complexity index is 659. The molecule has 0 bridgehead atoms. The van der Waals surface area contributed by atoms with Gasteiger partial charge in [-0.3, -0.25) is 0 Å². The summed E-state index contributed by atoms with van der Waals surface area (Å²) in [7, 11) is 3.41. The van der Waals surface area contributed by atoms with E-state index in [0.29, 0.717) is 0 Å².